The van der Waals surface area contributed by atoms with Crippen molar-refractivity contribution in [3.8, 4) is 5.75 Å². The Balaban J connectivity index is 0.000000437. The molecule has 0 atom stereocenters. The van der Waals surface area contributed by atoms with Gasteiger partial charge < -0.3 is 5.11 Å². The van der Waals surface area contributed by atoms with Crippen LogP contribution >= 0.6 is 10.7 Å². The highest BCUT2D eigenvalue weighted by molar-refractivity contribution is 8.09. The molecule has 0 heterocycles. The minimum atomic E-state index is -4.19. The van der Waals surface area contributed by atoms with E-state index >= 15 is 0 Å². The summed E-state index contributed by atoms with van der Waals surface area (Å²) in [6, 6.07) is 5.77. The third kappa shape index (κ3) is 10.1. The Hall–Kier alpha value is -0.780. The van der Waals surface area contributed by atoms with Crippen molar-refractivity contribution in [3.05, 3.63) is 29.3 Å². The first-order valence-corrected chi connectivity index (χ1v) is 7.46. The normalized spacial score (nSPS) is 10.6. The van der Waals surface area contributed by atoms with Crippen LogP contribution in [0.25, 0.3) is 0 Å². The molecule has 0 aliphatic heterocycles. The lowest BCUT2D eigenvalue weighted by Gasteiger charge is -2.04. The van der Waals surface area contributed by atoms with Gasteiger partial charge in [0.25, 0.3) is 0 Å². The number of hydrogen-bond acceptors (Lipinski definition) is 3. The van der Waals surface area contributed by atoms with E-state index in [9.17, 15) is 5.11 Å². The molecule has 0 fully saturated rings. The number of halogens is 1. The zero-order chi connectivity index (χ0) is 13.5. The number of rotatable bonds is 3. The second-order valence-corrected chi connectivity index (χ2v) is 5.64. The Bertz CT molecular complexity index is 435. The molecule has 0 saturated carbocycles. The van der Waals surface area contributed by atoms with E-state index in [0.717, 1.165) is 18.4 Å². The maximum atomic E-state index is 9.46. The van der Waals surface area contributed by atoms with Crippen LogP contribution in [0.15, 0.2) is 18.2 Å². The van der Waals surface area contributed by atoms with Gasteiger partial charge in [0.15, 0.2) is 0 Å². The molecule has 1 rings (SSSR count). The molecular weight excluding hydrogens is 264 g/mol. The first-order valence-electron chi connectivity index (χ1n) is 5.19. The van der Waals surface area contributed by atoms with E-state index in [1.165, 1.54) is 12.0 Å². The second-order valence-electron chi connectivity index (χ2n) is 3.65. The molecule has 17 heavy (non-hydrogen) atoms. The van der Waals surface area contributed by atoms with Crippen LogP contribution in [0.3, 0.4) is 0 Å². The number of unbranched alkanes of at least 4 members (excludes halogenated alkanes) is 1. The molecule has 0 bridgehead atoms. The van der Waals surface area contributed by atoms with Crippen LogP contribution < -0.4 is 0 Å². The average Bonchev–Trinajstić information content (AvgIpc) is 2.17. The summed E-state index contributed by atoms with van der Waals surface area (Å²) in [5, 5.41) is 9.46. The summed E-state index contributed by atoms with van der Waals surface area (Å²) in [6.07, 6.45) is 3.31. The van der Waals surface area contributed by atoms with Gasteiger partial charge in [0.2, 0.25) is 0 Å². The van der Waals surface area contributed by atoms with Crippen LogP contribution in [0.1, 0.15) is 30.9 Å². The summed E-state index contributed by atoms with van der Waals surface area (Å²) in [6.45, 7) is 4.21. The first-order chi connectivity index (χ1) is 7.74. The van der Waals surface area contributed by atoms with Crippen LogP contribution in [0, 0.1) is 6.92 Å². The van der Waals surface area contributed by atoms with Gasteiger partial charge in [-0.1, -0.05) is 31.0 Å². The van der Waals surface area contributed by atoms with Crippen molar-refractivity contribution in [2.75, 3.05) is 0 Å². The van der Waals surface area contributed by atoms with Gasteiger partial charge in [0.05, 0.1) is 0 Å². The molecule has 0 aliphatic rings. The Labute approximate surface area is 106 Å². The zero-order valence-corrected chi connectivity index (χ0v) is 11.4. The number of aromatic hydroxyl groups is 1. The summed E-state index contributed by atoms with van der Waals surface area (Å²) in [5.74, 6) is 0.439. The summed E-state index contributed by atoms with van der Waals surface area (Å²) in [7, 11) is -0.137. The largest absolute Gasteiger partial charge is 0.508 e. The van der Waals surface area contributed by atoms with E-state index in [4.69, 9.17) is 13.0 Å². The molecule has 0 aromatic heterocycles. The number of benzene rings is 1. The maximum absolute atomic E-state index is 9.46. The summed E-state index contributed by atoms with van der Waals surface area (Å²) < 4.78 is 25.2. The lowest BCUT2D eigenvalue weighted by atomic mass is 10.1. The minimum absolute atomic E-state index is 0.439. The van der Waals surface area contributed by atoms with Crippen LogP contribution in [-0.4, -0.2) is 18.1 Å². The highest BCUT2D eigenvalue weighted by Crippen LogP contribution is 2.19. The van der Waals surface area contributed by atoms with Gasteiger partial charge in [-0.25, -0.2) is 0 Å². The molecule has 0 saturated heterocycles. The number of phenolic OH excluding ortho intramolecular Hbond substituents is 1. The number of phenols is 1. The van der Waals surface area contributed by atoms with E-state index < -0.39 is 9.33 Å². The molecule has 0 amide bonds. The third-order valence-electron chi connectivity index (χ3n) is 2.03. The lowest BCUT2D eigenvalue weighted by molar-refractivity contribution is 0.466. The van der Waals surface area contributed by atoms with Gasteiger partial charge in [0.1, 0.15) is 5.75 Å². The maximum Gasteiger partial charge on any atom is 0.353 e. The van der Waals surface area contributed by atoms with Gasteiger partial charge in [-0.05, 0) is 31.4 Å². The smallest absolute Gasteiger partial charge is 0.353 e. The topological polar surface area (TPSA) is 74.6 Å². The fraction of sp³-hybridized carbons (Fsp3) is 0.455. The van der Waals surface area contributed by atoms with Crippen molar-refractivity contribution in [2.24, 2.45) is 0 Å². The molecule has 0 spiro atoms. The number of aryl methyl sites for hydroxylation is 2. The van der Waals surface area contributed by atoms with Crippen molar-refractivity contribution >= 4 is 20.0 Å². The molecular formula is C11H17ClO4S. The third-order valence-corrected chi connectivity index (χ3v) is 2.03. The Kier molecular flexibility index (Phi) is 7.18. The average molecular weight is 281 g/mol. The van der Waals surface area contributed by atoms with E-state index in [-0.39, 0.29) is 0 Å². The highest BCUT2D eigenvalue weighted by Gasteiger charge is 1.99. The summed E-state index contributed by atoms with van der Waals surface area (Å²) in [5.41, 5.74) is 2.30. The quantitative estimate of drug-likeness (QED) is 0.659. The van der Waals surface area contributed by atoms with E-state index in [1.807, 2.05) is 6.07 Å². The monoisotopic (exact) mass is 280 g/mol. The van der Waals surface area contributed by atoms with E-state index in [1.54, 1.807) is 6.07 Å². The van der Waals surface area contributed by atoms with Gasteiger partial charge in [-0.3, -0.25) is 4.55 Å². The molecule has 1 aromatic carbocycles. The van der Waals surface area contributed by atoms with Crippen molar-refractivity contribution in [1.82, 2.24) is 0 Å². The first kappa shape index (κ1) is 16.2. The molecule has 4 nitrogen and oxygen atoms in total. The molecule has 98 valence electrons. The predicted octanol–water partition coefficient (Wildman–Crippen LogP) is 3.07. The fourth-order valence-corrected chi connectivity index (χ4v) is 1.28. The Morgan fingerprint density at radius 2 is 1.88 bits per heavy atom. The molecule has 0 aliphatic carbocycles. The summed E-state index contributed by atoms with van der Waals surface area (Å²) in [4.78, 5) is 0. The summed E-state index contributed by atoms with van der Waals surface area (Å²) >= 11 is 0. The van der Waals surface area contributed by atoms with Gasteiger partial charge in [-0.15, -0.1) is 0 Å². The zero-order valence-electron chi connectivity index (χ0n) is 9.85. The van der Waals surface area contributed by atoms with Crippen LogP contribution in [0.4, 0.5) is 0 Å². The van der Waals surface area contributed by atoms with Gasteiger partial charge >= 0.3 is 9.33 Å². The molecule has 1 aromatic rings. The lowest BCUT2D eigenvalue weighted by Crippen LogP contribution is -1.86. The van der Waals surface area contributed by atoms with E-state index in [0.29, 0.717) is 5.75 Å². The van der Waals surface area contributed by atoms with Crippen LogP contribution in [-0.2, 0) is 15.8 Å². The SMILES string of the molecule is CCCCc1cc(C)ccc1O.O=S(=O)(O)Cl. The fourth-order valence-electron chi connectivity index (χ4n) is 1.28. The van der Waals surface area contributed by atoms with Crippen molar-refractivity contribution in [1.29, 1.82) is 0 Å². The van der Waals surface area contributed by atoms with Gasteiger partial charge in [0, 0.05) is 10.7 Å². The second kappa shape index (κ2) is 7.53. The minimum Gasteiger partial charge on any atom is -0.508 e. The van der Waals surface area contributed by atoms with Gasteiger partial charge in [-0.2, -0.15) is 8.42 Å². The van der Waals surface area contributed by atoms with E-state index in [2.05, 4.69) is 30.6 Å². The van der Waals surface area contributed by atoms with Crippen molar-refractivity contribution in [2.45, 2.75) is 33.1 Å². The Morgan fingerprint density at radius 3 is 2.35 bits per heavy atom. The Morgan fingerprint density at radius 1 is 1.35 bits per heavy atom. The molecule has 0 unspecified atom stereocenters. The van der Waals surface area contributed by atoms with Crippen LogP contribution in [0.2, 0.25) is 0 Å². The molecule has 2 N–H and O–H groups in total. The number of hydrogen-bond donors (Lipinski definition) is 2. The van der Waals surface area contributed by atoms with Crippen molar-refractivity contribution in [3.63, 3.8) is 0 Å². The molecule has 0 radical (unpaired) electrons. The van der Waals surface area contributed by atoms with Crippen molar-refractivity contribution < 1.29 is 18.1 Å². The molecule has 6 heteroatoms. The van der Waals surface area contributed by atoms with Crippen LogP contribution in [0.5, 0.6) is 5.75 Å². The standard InChI is InChI=1S/C11H16O.ClHO3S/c1-3-4-5-10-8-9(2)6-7-11(10)12;1-5(2,3)4/h6-8,12H,3-5H2,1-2H3;(H,2,3,4). The highest BCUT2D eigenvalue weighted by atomic mass is 35.7. The predicted molar refractivity (Wildman–Crippen MR) is 68.9 cm³/mol.